The molecule has 4 aromatic heterocycles. The maximum atomic E-state index is 6.16. The highest BCUT2D eigenvalue weighted by atomic mass is 35.5. The summed E-state index contributed by atoms with van der Waals surface area (Å²) in [6.07, 6.45) is 6.63. The summed E-state index contributed by atoms with van der Waals surface area (Å²) < 4.78 is 0. The summed E-state index contributed by atoms with van der Waals surface area (Å²) in [5.74, 6) is 0. The summed E-state index contributed by atoms with van der Waals surface area (Å²) in [6.45, 7) is 0. The van der Waals surface area contributed by atoms with Gasteiger partial charge in [-0.25, -0.2) is 9.97 Å². The summed E-state index contributed by atoms with van der Waals surface area (Å²) in [6, 6.07) is 3.71. The lowest BCUT2D eigenvalue weighted by Crippen LogP contribution is -1.80. The van der Waals surface area contributed by atoms with E-state index in [9.17, 15) is 0 Å². The van der Waals surface area contributed by atoms with Crippen molar-refractivity contribution >= 4 is 55.5 Å². The Balaban J connectivity index is 1.81. The highest BCUT2D eigenvalue weighted by Gasteiger charge is 2.15. The third-order valence-electron chi connectivity index (χ3n) is 2.98. The third kappa shape index (κ3) is 2.38. The average Bonchev–Trinajstić information content (AvgIpc) is 3.06. The quantitative estimate of drug-likeness (QED) is 0.491. The van der Waals surface area contributed by atoms with Crippen molar-refractivity contribution in [2.24, 2.45) is 0 Å². The first-order chi connectivity index (χ1) is 10.7. The summed E-state index contributed by atoms with van der Waals surface area (Å²) in [5, 5.41) is 2.85. The SMILES string of the molecule is Clc1cnccc1-c1nc2sc(-c3ccncc3Cl)nc2s1. The lowest BCUT2D eigenvalue weighted by atomic mass is 10.3. The van der Waals surface area contributed by atoms with Gasteiger partial charge in [-0.2, -0.15) is 0 Å². The van der Waals surface area contributed by atoms with Gasteiger partial charge < -0.3 is 0 Å². The zero-order chi connectivity index (χ0) is 15.1. The third-order valence-corrected chi connectivity index (χ3v) is 5.68. The fourth-order valence-electron chi connectivity index (χ4n) is 1.97. The molecule has 108 valence electrons. The van der Waals surface area contributed by atoms with Crippen LogP contribution in [0.3, 0.4) is 0 Å². The highest BCUT2D eigenvalue weighted by molar-refractivity contribution is 7.29. The zero-order valence-electron chi connectivity index (χ0n) is 10.8. The Morgan fingerprint density at radius 1 is 0.727 bits per heavy atom. The number of thiazole rings is 2. The van der Waals surface area contributed by atoms with Crippen LogP contribution in [0.5, 0.6) is 0 Å². The second-order valence-corrected chi connectivity index (χ2v) is 7.13. The van der Waals surface area contributed by atoms with E-state index in [1.807, 2.05) is 12.1 Å². The number of nitrogens with zero attached hydrogens (tertiary/aromatic N) is 4. The molecule has 0 aliphatic carbocycles. The molecule has 8 heteroatoms. The van der Waals surface area contributed by atoms with Gasteiger partial charge in [0, 0.05) is 35.9 Å². The topological polar surface area (TPSA) is 51.6 Å². The minimum absolute atomic E-state index is 0.585. The molecule has 4 heterocycles. The summed E-state index contributed by atoms with van der Waals surface area (Å²) in [4.78, 5) is 19.0. The summed E-state index contributed by atoms with van der Waals surface area (Å²) in [7, 11) is 0. The number of halogens is 2. The molecule has 0 saturated carbocycles. The number of hydrogen-bond acceptors (Lipinski definition) is 6. The van der Waals surface area contributed by atoms with Crippen LogP contribution in [0.2, 0.25) is 10.0 Å². The molecule has 0 aliphatic heterocycles. The van der Waals surface area contributed by atoms with Gasteiger partial charge in [0.25, 0.3) is 0 Å². The number of hydrogen-bond donors (Lipinski definition) is 0. The second-order valence-electron chi connectivity index (χ2n) is 4.36. The van der Waals surface area contributed by atoms with Crippen LogP contribution in [-0.4, -0.2) is 19.9 Å². The monoisotopic (exact) mass is 364 g/mol. The lowest BCUT2D eigenvalue weighted by molar-refractivity contribution is 1.32. The molecule has 0 spiro atoms. The molecular weight excluding hydrogens is 359 g/mol. The van der Waals surface area contributed by atoms with Crippen LogP contribution in [0.25, 0.3) is 30.8 Å². The zero-order valence-corrected chi connectivity index (χ0v) is 14.0. The van der Waals surface area contributed by atoms with Gasteiger partial charge in [0.2, 0.25) is 0 Å². The van der Waals surface area contributed by atoms with Crippen molar-refractivity contribution in [1.82, 2.24) is 19.9 Å². The number of pyridine rings is 2. The second kappa shape index (κ2) is 5.55. The Kier molecular flexibility index (Phi) is 3.54. The average molecular weight is 365 g/mol. The molecule has 0 amide bonds. The minimum atomic E-state index is 0.585. The molecule has 0 saturated heterocycles. The molecule has 0 atom stereocenters. The lowest BCUT2D eigenvalue weighted by Gasteiger charge is -1.98. The summed E-state index contributed by atoms with van der Waals surface area (Å²) >= 11 is 15.3. The van der Waals surface area contributed by atoms with E-state index in [2.05, 4.69) is 19.9 Å². The van der Waals surface area contributed by atoms with Crippen molar-refractivity contribution in [3.05, 3.63) is 47.0 Å². The van der Waals surface area contributed by atoms with E-state index in [1.165, 1.54) is 22.7 Å². The van der Waals surface area contributed by atoms with Gasteiger partial charge in [0.1, 0.15) is 10.0 Å². The van der Waals surface area contributed by atoms with Crippen LogP contribution < -0.4 is 0 Å². The van der Waals surface area contributed by atoms with E-state index < -0.39 is 0 Å². The maximum absolute atomic E-state index is 6.16. The predicted octanol–water partition coefficient (Wildman–Crippen LogP) is 5.18. The van der Waals surface area contributed by atoms with Crippen molar-refractivity contribution in [3.8, 4) is 21.1 Å². The fourth-order valence-corrected chi connectivity index (χ4v) is 4.62. The molecule has 4 nitrogen and oxygen atoms in total. The largest absolute Gasteiger partial charge is 0.263 e. The molecule has 0 radical (unpaired) electrons. The molecule has 0 N–H and O–H groups in total. The molecule has 0 unspecified atom stereocenters. The van der Waals surface area contributed by atoms with Crippen LogP contribution in [-0.2, 0) is 0 Å². The number of fused-ring (bicyclic) bond motifs is 1. The molecule has 4 aromatic rings. The first-order valence-electron chi connectivity index (χ1n) is 6.19. The van der Waals surface area contributed by atoms with Crippen LogP contribution in [0.15, 0.2) is 36.9 Å². The first-order valence-corrected chi connectivity index (χ1v) is 8.58. The van der Waals surface area contributed by atoms with Crippen molar-refractivity contribution in [1.29, 1.82) is 0 Å². The molecule has 0 bridgehead atoms. The molecule has 0 aromatic carbocycles. The predicted molar refractivity (Wildman–Crippen MR) is 91.8 cm³/mol. The van der Waals surface area contributed by atoms with Crippen molar-refractivity contribution in [2.45, 2.75) is 0 Å². The fraction of sp³-hybridized carbons (Fsp3) is 0. The van der Waals surface area contributed by atoms with Gasteiger partial charge in [-0.3, -0.25) is 9.97 Å². The molecule has 4 rings (SSSR count). The van der Waals surface area contributed by atoms with Crippen molar-refractivity contribution < 1.29 is 0 Å². The number of rotatable bonds is 2. The van der Waals surface area contributed by atoms with E-state index in [4.69, 9.17) is 23.2 Å². The van der Waals surface area contributed by atoms with E-state index in [1.54, 1.807) is 24.8 Å². The normalized spacial score (nSPS) is 11.2. The molecular formula is C14H6Cl2N4S2. The Morgan fingerprint density at radius 2 is 1.18 bits per heavy atom. The standard InChI is InChI=1S/C14H6Cl2N4S2/c15-9-5-17-3-1-7(9)11-19-13-14(21-11)20-12(22-13)8-2-4-18-6-10(8)16/h1-6H. The van der Waals surface area contributed by atoms with E-state index in [-0.39, 0.29) is 0 Å². The van der Waals surface area contributed by atoms with Gasteiger partial charge in [0.15, 0.2) is 9.66 Å². The van der Waals surface area contributed by atoms with Crippen molar-refractivity contribution in [2.75, 3.05) is 0 Å². The van der Waals surface area contributed by atoms with Gasteiger partial charge in [-0.05, 0) is 12.1 Å². The van der Waals surface area contributed by atoms with Crippen LogP contribution in [0, 0.1) is 0 Å². The molecule has 22 heavy (non-hydrogen) atoms. The highest BCUT2D eigenvalue weighted by Crippen LogP contribution is 2.39. The van der Waals surface area contributed by atoms with E-state index in [0.717, 1.165) is 30.8 Å². The molecule has 0 fully saturated rings. The van der Waals surface area contributed by atoms with Gasteiger partial charge in [-0.1, -0.05) is 45.9 Å². The Bertz CT molecular complexity index is 873. The van der Waals surface area contributed by atoms with E-state index in [0.29, 0.717) is 10.0 Å². The Hall–Kier alpha value is -1.60. The van der Waals surface area contributed by atoms with Gasteiger partial charge in [-0.15, -0.1) is 0 Å². The summed E-state index contributed by atoms with van der Waals surface area (Å²) in [5.41, 5.74) is 1.74. The minimum Gasteiger partial charge on any atom is -0.263 e. The van der Waals surface area contributed by atoms with Crippen LogP contribution >= 0.6 is 45.9 Å². The Labute approximate surface area is 143 Å². The first kappa shape index (κ1) is 14.0. The Morgan fingerprint density at radius 3 is 1.59 bits per heavy atom. The number of aromatic nitrogens is 4. The van der Waals surface area contributed by atoms with Crippen molar-refractivity contribution in [3.63, 3.8) is 0 Å². The van der Waals surface area contributed by atoms with Crippen LogP contribution in [0.1, 0.15) is 0 Å². The smallest absolute Gasteiger partial charge is 0.155 e. The maximum Gasteiger partial charge on any atom is 0.155 e. The van der Waals surface area contributed by atoms with Crippen LogP contribution in [0.4, 0.5) is 0 Å². The molecule has 0 aliphatic rings. The van der Waals surface area contributed by atoms with E-state index >= 15 is 0 Å². The van der Waals surface area contributed by atoms with Gasteiger partial charge >= 0.3 is 0 Å². The van der Waals surface area contributed by atoms with Gasteiger partial charge in [0.05, 0.1) is 10.0 Å².